The molecule has 1 N–H and O–H groups in total. The molecular formula is C14H12N2OS. The van der Waals surface area contributed by atoms with E-state index in [0.29, 0.717) is 6.42 Å². The van der Waals surface area contributed by atoms with Crippen molar-refractivity contribution in [2.75, 3.05) is 0 Å². The summed E-state index contributed by atoms with van der Waals surface area (Å²) >= 11 is 1.65. The highest BCUT2D eigenvalue weighted by Crippen LogP contribution is 2.26. The number of hydrogen-bond donors (Lipinski definition) is 1. The molecule has 90 valence electrons. The summed E-state index contributed by atoms with van der Waals surface area (Å²) in [4.78, 5) is 13.0. The van der Waals surface area contributed by atoms with Crippen LogP contribution in [0.15, 0.2) is 52.9 Å². The van der Waals surface area contributed by atoms with Crippen molar-refractivity contribution >= 4 is 23.0 Å². The number of thiophene rings is 1. The summed E-state index contributed by atoms with van der Waals surface area (Å²) in [6.07, 6.45) is 0.663. The molecule has 1 aromatic carbocycles. The van der Waals surface area contributed by atoms with Gasteiger partial charge in [-0.05, 0) is 17.0 Å². The van der Waals surface area contributed by atoms with Crippen LogP contribution in [-0.2, 0) is 4.79 Å². The average Bonchev–Trinajstić information content (AvgIpc) is 2.94. The maximum atomic E-state index is 11.9. The van der Waals surface area contributed by atoms with Gasteiger partial charge in [-0.3, -0.25) is 4.79 Å². The van der Waals surface area contributed by atoms with Crippen molar-refractivity contribution in [2.24, 2.45) is 5.10 Å². The molecule has 1 atom stereocenters. The van der Waals surface area contributed by atoms with E-state index in [1.54, 1.807) is 11.3 Å². The summed E-state index contributed by atoms with van der Waals surface area (Å²) in [6, 6.07) is 13.9. The number of nitrogens with zero attached hydrogens (tertiary/aromatic N) is 1. The molecule has 1 aromatic heterocycles. The molecule has 1 aliphatic heterocycles. The number of benzene rings is 1. The van der Waals surface area contributed by atoms with E-state index < -0.39 is 0 Å². The van der Waals surface area contributed by atoms with Crippen molar-refractivity contribution in [3.63, 3.8) is 0 Å². The van der Waals surface area contributed by atoms with Gasteiger partial charge < -0.3 is 0 Å². The zero-order valence-corrected chi connectivity index (χ0v) is 10.5. The van der Waals surface area contributed by atoms with Crippen LogP contribution in [0.4, 0.5) is 0 Å². The highest BCUT2D eigenvalue weighted by molar-refractivity contribution is 7.12. The summed E-state index contributed by atoms with van der Waals surface area (Å²) in [5.41, 5.74) is 4.62. The van der Waals surface area contributed by atoms with Crippen molar-refractivity contribution in [3.8, 4) is 0 Å². The predicted octanol–water partition coefficient (Wildman–Crippen LogP) is 2.76. The van der Waals surface area contributed by atoms with Crippen LogP contribution in [0.3, 0.4) is 0 Å². The summed E-state index contributed by atoms with van der Waals surface area (Å²) in [7, 11) is 0. The van der Waals surface area contributed by atoms with E-state index in [0.717, 1.165) is 16.2 Å². The first-order valence-electron chi connectivity index (χ1n) is 5.80. The Morgan fingerprint density at radius 3 is 2.72 bits per heavy atom. The van der Waals surface area contributed by atoms with Gasteiger partial charge in [0.1, 0.15) is 0 Å². The van der Waals surface area contributed by atoms with Gasteiger partial charge in [-0.15, -0.1) is 11.3 Å². The first-order chi connectivity index (χ1) is 8.84. The van der Waals surface area contributed by atoms with Crippen LogP contribution in [0, 0.1) is 0 Å². The van der Waals surface area contributed by atoms with Crippen molar-refractivity contribution in [1.82, 2.24) is 5.43 Å². The van der Waals surface area contributed by atoms with E-state index in [1.807, 2.05) is 47.8 Å². The summed E-state index contributed by atoms with van der Waals surface area (Å²) in [6.45, 7) is 0. The van der Waals surface area contributed by atoms with E-state index in [9.17, 15) is 4.79 Å². The number of hydrogen-bond acceptors (Lipinski definition) is 3. The van der Waals surface area contributed by atoms with E-state index in [1.165, 1.54) is 0 Å². The maximum Gasteiger partial charge on any atom is 0.248 e. The highest BCUT2D eigenvalue weighted by Gasteiger charge is 2.27. The zero-order valence-electron chi connectivity index (χ0n) is 9.67. The lowest BCUT2D eigenvalue weighted by atomic mass is 9.91. The smallest absolute Gasteiger partial charge is 0.248 e. The van der Waals surface area contributed by atoms with Crippen LogP contribution >= 0.6 is 11.3 Å². The molecule has 0 spiro atoms. The van der Waals surface area contributed by atoms with E-state index in [4.69, 9.17) is 0 Å². The number of hydrazone groups is 1. The predicted molar refractivity (Wildman–Crippen MR) is 72.8 cm³/mol. The van der Waals surface area contributed by atoms with Crippen molar-refractivity contribution in [2.45, 2.75) is 12.3 Å². The lowest BCUT2D eigenvalue weighted by Crippen LogP contribution is -2.33. The molecule has 3 rings (SSSR count). The van der Waals surface area contributed by atoms with E-state index in [-0.39, 0.29) is 11.8 Å². The molecule has 0 saturated heterocycles. The van der Waals surface area contributed by atoms with Crippen LogP contribution in [0.2, 0.25) is 0 Å². The Morgan fingerprint density at radius 2 is 2.00 bits per heavy atom. The van der Waals surface area contributed by atoms with Gasteiger partial charge in [0.2, 0.25) is 5.91 Å². The highest BCUT2D eigenvalue weighted by atomic mass is 32.1. The molecule has 0 bridgehead atoms. The number of carbonyl (C=O) groups is 1. The van der Waals surface area contributed by atoms with E-state index >= 15 is 0 Å². The SMILES string of the molecule is O=C1NN=C(c2cccs2)CC1c1ccccc1. The van der Waals surface area contributed by atoms with Gasteiger partial charge >= 0.3 is 0 Å². The Balaban J connectivity index is 1.90. The second-order valence-electron chi connectivity index (χ2n) is 4.18. The van der Waals surface area contributed by atoms with Gasteiger partial charge in [0, 0.05) is 6.42 Å². The van der Waals surface area contributed by atoms with Gasteiger partial charge in [-0.25, -0.2) is 5.43 Å². The quantitative estimate of drug-likeness (QED) is 0.882. The molecule has 3 nitrogen and oxygen atoms in total. The molecule has 0 fully saturated rings. The Morgan fingerprint density at radius 1 is 1.17 bits per heavy atom. The van der Waals surface area contributed by atoms with Crippen molar-refractivity contribution < 1.29 is 4.79 Å². The third kappa shape index (κ3) is 2.07. The normalized spacial score (nSPS) is 19.2. The molecule has 1 unspecified atom stereocenters. The minimum absolute atomic E-state index is 0.0264. The third-order valence-corrected chi connectivity index (χ3v) is 3.94. The Bertz CT molecular complexity index is 575. The topological polar surface area (TPSA) is 41.5 Å². The van der Waals surface area contributed by atoms with Gasteiger partial charge in [0.15, 0.2) is 0 Å². The number of nitrogens with one attached hydrogen (secondary N) is 1. The summed E-state index contributed by atoms with van der Waals surface area (Å²) in [5.74, 6) is -0.165. The molecule has 2 heterocycles. The average molecular weight is 256 g/mol. The first-order valence-corrected chi connectivity index (χ1v) is 6.68. The number of rotatable bonds is 2. The summed E-state index contributed by atoms with van der Waals surface area (Å²) in [5, 5.41) is 6.18. The fraction of sp³-hybridized carbons (Fsp3) is 0.143. The van der Waals surface area contributed by atoms with Crippen LogP contribution in [0.1, 0.15) is 22.8 Å². The minimum Gasteiger partial charge on any atom is -0.272 e. The number of amides is 1. The van der Waals surface area contributed by atoms with Crippen molar-refractivity contribution in [3.05, 3.63) is 58.3 Å². The molecule has 18 heavy (non-hydrogen) atoms. The molecule has 0 saturated carbocycles. The third-order valence-electron chi connectivity index (χ3n) is 3.02. The van der Waals surface area contributed by atoms with Gasteiger partial charge in [0.05, 0.1) is 16.5 Å². The lowest BCUT2D eigenvalue weighted by molar-refractivity contribution is -0.122. The Hall–Kier alpha value is -1.94. The molecule has 1 amide bonds. The second kappa shape index (κ2) is 4.74. The van der Waals surface area contributed by atoms with Gasteiger partial charge in [0.25, 0.3) is 0 Å². The van der Waals surface area contributed by atoms with E-state index in [2.05, 4.69) is 10.5 Å². The zero-order chi connectivity index (χ0) is 12.4. The number of carbonyl (C=O) groups excluding carboxylic acids is 1. The maximum absolute atomic E-state index is 11.9. The summed E-state index contributed by atoms with van der Waals surface area (Å²) < 4.78 is 0. The van der Waals surface area contributed by atoms with Gasteiger partial charge in [-0.2, -0.15) is 5.10 Å². The minimum atomic E-state index is -0.138. The molecule has 0 radical (unpaired) electrons. The molecule has 1 aliphatic rings. The largest absolute Gasteiger partial charge is 0.272 e. The fourth-order valence-electron chi connectivity index (χ4n) is 2.09. The van der Waals surface area contributed by atoms with Crippen molar-refractivity contribution in [1.29, 1.82) is 0 Å². The monoisotopic (exact) mass is 256 g/mol. The Labute approximate surface area is 109 Å². The van der Waals surface area contributed by atoms with Gasteiger partial charge in [-0.1, -0.05) is 36.4 Å². The second-order valence-corrected chi connectivity index (χ2v) is 5.13. The molecule has 0 aliphatic carbocycles. The van der Waals surface area contributed by atoms with Crippen LogP contribution in [-0.4, -0.2) is 11.6 Å². The first kappa shape index (κ1) is 11.2. The molecular weight excluding hydrogens is 244 g/mol. The fourth-order valence-corrected chi connectivity index (χ4v) is 2.81. The standard InChI is InChI=1S/C14H12N2OS/c17-14-11(10-5-2-1-3-6-10)9-12(15-16-14)13-7-4-8-18-13/h1-8,11H,9H2,(H,16,17). The van der Waals surface area contributed by atoms with Crippen LogP contribution < -0.4 is 5.43 Å². The molecule has 2 aromatic rings. The molecule has 4 heteroatoms. The van der Waals surface area contributed by atoms with Crippen LogP contribution in [0.5, 0.6) is 0 Å². The Kier molecular flexibility index (Phi) is 2.94. The lowest BCUT2D eigenvalue weighted by Gasteiger charge is -2.21. The van der Waals surface area contributed by atoms with Crippen LogP contribution in [0.25, 0.3) is 0 Å².